The summed E-state index contributed by atoms with van der Waals surface area (Å²) in [4.78, 5) is 1.85. The van der Waals surface area contributed by atoms with E-state index in [-0.39, 0.29) is 0 Å². The van der Waals surface area contributed by atoms with Crippen molar-refractivity contribution in [2.45, 2.75) is 24.4 Å². The van der Waals surface area contributed by atoms with Gasteiger partial charge in [0.15, 0.2) is 0 Å². The van der Waals surface area contributed by atoms with Crippen LogP contribution in [0.4, 0.5) is 13.2 Å². The van der Waals surface area contributed by atoms with Gasteiger partial charge >= 0.3 is 6.18 Å². The van der Waals surface area contributed by atoms with Gasteiger partial charge in [-0.3, -0.25) is 0 Å². The Hall–Kier alpha value is 0.0600. The zero-order chi connectivity index (χ0) is 11.4. The zero-order valence-corrected chi connectivity index (χ0v) is 9.45. The summed E-state index contributed by atoms with van der Waals surface area (Å²) in [6.07, 6.45) is -4.20. The minimum atomic E-state index is -4.20. The lowest BCUT2D eigenvalue weighted by Gasteiger charge is -2.23. The van der Waals surface area contributed by atoms with Crippen LogP contribution in [0.5, 0.6) is 0 Å². The van der Waals surface area contributed by atoms with Gasteiger partial charge in [-0.2, -0.15) is 13.2 Å². The van der Waals surface area contributed by atoms with Gasteiger partial charge in [0.1, 0.15) is 5.25 Å². The molecule has 0 bridgehead atoms. The number of nitrogens with two attached hydrogens (primary N) is 1. The lowest BCUT2D eigenvalue weighted by Crippen LogP contribution is -2.41. The summed E-state index contributed by atoms with van der Waals surface area (Å²) in [7, 11) is 3.66. The van der Waals surface area contributed by atoms with Gasteiger partial charge in [-0.1, -0.05) is 0 Å². The second-order valence-electron chi connectivity index (χ2n) is 3.50. The van der Waals surface area contributed by atoms with Gasteiger partial charge in [0.2, 0.25) is 0 Å². The monoisotopic (exact) mass is 230 g/mol. The van der Waals surface area contributed by atoms with E-state index in [9.17, 15) is 13.2 Å². The smallest absolute Gasteiger partial charge is 0.327 e. The van der Waals surface area contributed by atoms with Gasteiger partial charge in [0.05, 0.1) is 0 Å². The molecule has 0 spiro atoms. The minimum absolute atomic E-state index is 0.443. The summed E-state index contributed by atoms with van der Waals surface area (Å²) in [5.41, 5.74) is 5.29. The molecule has 0 aliphatic rings. The van der Waals surface area contributed by atoms with Crippen molar-refractivity contribution in [2.75, 3.05) is 26.4 Å². The molecule has 6 heteroatoms. The Labute approximate surface area is 87.0 Å². The third-order valence-corrected chi connectivity index (χ3v) is 3.11. The minimum Gasteiger partial charge on any atom is -0.327 e. The third-order valence-electron chi connectivity index (χ3n) is 1.64. The third kappa shape index (κ3) is 5.72. The van der Waals surface area contributed by atoms with Crippen LogP contribution in [0.3, 0.4) is 0 Å². The van der Waals surface area contributed by atoms with Crippen LogP contribution in [0.2, 0.25) is 0 Å². The average molecular weight is 230 g/mol. The SMILES string of the molecule is CC(N)C(SCCN(C)C)C(F)(F)F. The highest BCUT2D eigenvalue weighted by molar-refractivity contribution is 8.00. The van der Waals surface area contributed by atoms with Gasteiger partial charge in [-0.25, -0.2) is 0 Å². The van der Waals surface area contributed by atoms with Crippen molar-refractivity contribution in [1.82, 2.24) is 4.90 Å². The molecule has 2 unspecified atom stereocenters. The first kappa shape index (κ1) is 14.1. The van der Waals surface area contributed by atoms with Crippen molar-refractivity contribution in [3.63, 3.8) is 0 Å². The molecule has 86 valence electrons. The second kappa shape index (κ2) is 5.82. The molecule has 0 saturated carbocycles. The Morgan fingerprint density at radius 3 is 2.14 bits per heavy atom. The van der Waals surface area contributed by atoms with Crippen molar-refractivity contribution in [2.24, 2.45) is 5.73 Å². The lowest BCUT2D eigenvalue weighted by molar-refractivity contribution is -0.131. The fraction of sp³-hybridized carbons (Fsp3) is 1.00. The van der Waals surface area contributed by atoms with Crippen molar-refractivity contribution in [3.05, 3.63) is 0 Å². The van der Waals surface area contributed by atoms with Crippen LogP contribution >= 0.6 is 11.8 Å². The first-order valence-electron chi connectivity index (χ1n) is 4.33. The maximum absolute atomic E-state index is 12.4. The molecule has 2 N–H and O–H groups in total. The predicted octanol–water partition coefficient (Wildman–Crippen LogP) is 1.56. The van der Waals surface area contributed by atoms with Crippen molar-refractivity contribution < 1.29 is 13.2 Å². The summed E-state index contributed by atoms with van der Waals surface area (Å²) >= 11 is 0.873. The van der Waals surface area contributed by atoms with E-state index in [1.807, 2.05) is 19.0 Å². The molecule has 0 fully saturated rings. The quantitative estimate of drug-likeness (QED) is 0.777. The summed E-state index contributed by atoms with van der Waals surface area (Å²) in [5, 5.41) is -1.46. The van der Waals surface area contributed by atoms with Gasteiger partial charge in [-0.05, 0) is 21.0 Å². The highest BCUT2D eigenvalue weighted by Gasteiger charge is 2.42. The normalized spacial score (nSPS) is 17.1. The molecule has 0 rings (SSSR count). The zero-order valence-electron chi connectivity index (χ0n) is 8.64. The molecular weight excluding hydrogens is 213 g/mol. The van der Waals surface area contributed by atoms with Crippen LogP contribution in [-0.2, 0) is 0 Å². The highest BCUT2D eigenvalue weighted by Crippen LogP contribution is 2.31. The highest BCUT2D eigenvalue weighted by atomic mass is 32.2. The average Bonchev–Trinajstić information content (AvgIpc) is 1.94. The molecule has 0 heterocycles. The predicted molar refractivity (Wildman–Crippen MR) is 54.5 cm³/mol. The second-order valence-corrected chi connectivity index (χ2v) is 4.74. The standard InChI is InChI=1S/C8H17F3N2S/c1-6(12)7(8(9,10)11)14-5-4-13(2)3/h6-7H,4-5,12H2,1-3H3. The van der Waals surface area contributed by atoms with E-state index < -0.39 is 17.5 Å². The molecule has 0 aromatic carbocycles. The molecule has 0 aromatic rings. The number of halogens is 3. The van der Waals surface area contributed by atoms with Crippen LogP contribution in [0, 0.1) is 0 Å². The molecule has 2 atom stereocenters. The fourth-order valence-electron chi connectivity index (χ4n) is 0.907. The van der Waals surface area contributed by atoms with E-state index in [0.717, 1.165) is 11.8 Å². The van der Waals surface area contributed by atoms with E-state index in [1.54, 1.807) is 0 Å². The van der Waals surface area contributed by atoms with Crippen LogP contribution in [-0.4, -0.2) is 48.8 Å². The van der Waals surface area contributed by atoms with Crippen molar-refractivity contribution in [1.29, 1.82) is 0 Å². The van der Waals surface area contributed by atoms with E-state index in [0.29, 0.717) is 12.3 Å². The van der Waals surface area contributed by atoms with Crippen LogP contribution in [0.1, 0.15) is 6.92 Å². The number of nitrogens with zero attached hydrogens (tertiary/aromatic N) is 1. The first-order chi connectivity index (χ1) is 6.25. The van der Waals surface area contributed by atoms with Gasteiger partial charge in [-0.15, -0.1) is 11.8 Å². The van der Waals surface area contributed by atoms with Gasteiger partial charge in [0.25, 0.3) is 0 Å². The van der Waals surface area contributed by atoms with Crippen LogP contribution in [0.25, 0.3) is 0 Å². The van der Waals surface area contributed by atoms with Gasteiger partial charge in [0, 0.05) is 18.3 Å². The molecular formula is C8H17F3N2S. The molecule has 0 saturated heterocycles. The topological polar surface area (TPSA) is 29.3 Å². The van der Waals surface area contributed by atoms with E-state index >= 15 is 0 Å². The van der Waals surface area contributed by atoms with E-state index in [4.69, 9.17) is 5.73 Å². The molecule has 0 amide bonds. The Balaban J connectivity index is 4.00. The molecule has 2 nitrogen and oxygen atoms in total. The Bertz CT molecular complexity index is 159. The number of rotatable bonds is 5. The Morgan fingerprint density at radius 2 is 1.86 bits per heavy atom. The lowest BCUT2D eigenvalue weighted by atomic mass is 10.2. The summed E-state index contributed by atoms with van der Waals surface area (Å²) in [6.45, 7) is 2.02. The molecule has 0 aliphatic carbocycles. The molecule has 14 heavy (non-hydrogen) atoms. The molecule has 0 aliphatic heterocycles. The first-order valence-corrected chi connectivity index (χ1v) is 5.38. The van der Waals surface area contributed by atoms with Crippen LogP contribution < -0.4 is 5.73 Å². The largest absolute Gasteiger partial charge is 0.402 e. The fourth-order valence-corrected chi connectivity index (χ4v) is 2.12. The summed E-state index contributed by atoms with van der Waals surface area (Å²) in [6, 6.07) is -0.859. The summed E-state index contributed by atoms with van der Waals surface area (Å²) < 4.78 is 37.1. The maximum Gasteiger partial charge on any atom is 0.402 e. The van der Waals surface area contributed by atoms with Crippen molar-refractivity contribution >= 4 is 11.8 Å². The number of hydrogen-bond acceptors (Lipinski definition) is 3. The molecule has 0 aromatic heterocycles. The number of thioether (sulfide) groups is 1. The van der Waals surface area contributed by atoms with Crippen molar-refractivity contribution in [3.8, 4) is 0 Å². The summed E-state index contributed by atoms with van der Waals surface area (Å²) in [5.74, 6) is 0.443. The molecule has 0 radical (unpaired) electrons. The van der Waals surface area contributed by atoms with E-state index in [2.05, 4.69) is 0 Å². The number of alkyl halides is 3. The maximum atomic E-state index is 12.4. The number of hydrogen-bond donors (Lipinski definition) is 1. The van der Waals surface area contributed by atoms with Crippen LogP contribution in [0.15, 0.2) is 0 Å². The Kier molecular flexibility index (Phi) is 5.85. The van der Waals surface area contributed by atoms with E-state index in [1.165, 1.54) is 6.92 Å². The van der Waals surface area contributed by atoms with Gasteiger partial charge < -0.3 is 10.6 Å². The Morgan fingerprint density at radius 1 is 1.36 bits per heavy atom.